The van der Waals surface area contributed by atoms with E-state index in [1.807, 2.05) is 24.3 Å². The van der Waals surface area contributed by atoms with Gasteiger partial charge in [-0.05, 0) is 53.6 Å². The molecule has 0 spiro atoms. The fraction of sp³-hybridized carbons (Fsp3) is 0.571. The summed E-state index contributed by atoms with van der Waals surface area (Å²) in [6.45, 7) is 3.86. The molecular formula is C14H19FINO. The van der Waals surface area contributed by atoms with Crippen molar-refractivity contribution in [1.29, 1.82) is 0 Å². The highest BCUT2D eigenvalue weighted by Gasteiger charge is 2.29. The minimum Gasteiger partial charge on any atom is -0.379 e. The second-order valence-electron chi connectivity index (χ2n) is 5.15. The van der Waals surface area contributed by atoms with Gasteiger partial charge in [-0.15, -0.1) is 0 Å². The number of rotatable bonds is 4. The normalized spacial score (nSPS) is 23.6. The molecule has 100 valence electrons. The average molecular weight is 363 g/mol. The van der Waals surface area contributed by atoms with Crippen LogP contribution < -0.4 is 5.32 Å². The van der Waals surface area contributed by atoms with Crippen molar-refractivity contribution in [3.05, 3.63) is 33.4 Å². The zero-order valence-electron chi connectivity index (χ0n) is 10.6. The second kappa shape index (κ2) is 6.30. The van der Waals surface area contributed by atoms with Crippen LogP contribution in [-0.2, 0) is 11.2 Å². The Balaban J connectivity index is 1.91. The van der Waals surface area contributed by atoms with Crippen LogP contribution >= 0.6 is 22.6 Å². The van der Waals surface area contributed by atoms with Gasteiger partial charge in [-0.3, -0.25) is 0 Å². The Labute approximate surface area is 121 Å². The maximum absolute atomic E-state index is 14.6. The molecule has 1 aliphatic heterocycles. The number of hydrogen-bond donors (Lipinski definition) is 1. The number of benzene rings is 1. The molecule has 1 aromatic carbocycles. The molecule has 1 fully saturated rings. The number of ether oxygens (including phenoxy) is 1. The molecule has 1 N–H and O–H groups in total. The lowest BCUT2D eigenvalue weighted by molar-refractivity contribution is 0.0483. The van der Waals surface area contributed by atoms with Gasteiger partial charge in [-0.25, -0.2) is 4.39 Å². The summed E-state index contributed by atoms with van der Waals surface area (Å²) in [6.07, 6.45) is 0.959. The topological polar surface area (TPSA) is 21.3 Å². The molecule has 0 aliphatic carbocycles. The van der Waals surface area contributed by atoms with E-state index in [-0.39, 0.29) is 6.04 Å². The molecule has 0 saturated carbocycles. The number of alkyl halides is 1. The highest BCUT2D eigenvalue weighted by molar-refractivity contribution is 14.1. The van der Waals surface area contributed by atoms with Crippen molar-refractivity contribution in [3.8, 4) is 0 Å². The number of nitrogens with one attached hydrogen (secondary N) is 1. The summed E-state index contributed by atoms with van der Waals surface area (Å²) in [5.41, 5.74) is -0.136. The first-order chi connectivity index (χ1) is 8.55. The van der Waals surface area contributed by atoms with Crippen LogP contribution in [0.1, 0.15) is 18.9 Å². The van der Waals surface area contributed by atoms with Crippen LogP contribution in [0.5, 0.6) is 0 Å². The average Bonchev–Trinajstić information content (AvgIpc) is 2.32. The molecule has 1 heterocycles. The van der Waals surface area contributed by atoms with Crippen LogP contribution in [0.2, 0.25) is 0 Å². The Bertz CT molecular complexity index is 374. The molecular weight excluding hydrogens is 344 g/mol. The van der Waals surface area contributed by atoms with Crippen molar-refractivity contribution < 1.29 is 9.13 Å². The van der Waals surface area contributed by atoms with Gasteiger partial charge >= 0.3 is 0 Å². The van der Waals surface area contributed by atoms with Crippen LogP contribution in [0.3, 0.4) is 0 Å². The number of hydrogen-bond acceptors (Lipinski definition) is 2. The third-order valence-electron chi connectivity index (χ3n) is 3.16. The zero-order chi connectivity index (χ0) is 13.0. The predicted molar refractivity (Wildman–Crippen MR) is 79.6 cm³/mol. The van der Waals surface area contributed by atoms with Gasteiger partial charge in [0.2, 0.25) is 0 Å². The summed E-state index contributed by atoms with van der Waals surface area (Å²) in [6, 6.07) is 8.19. The van der Waals surface area contributed by atoms with E-state index in [1.54, 1.807) is 6.92 Å². The molecule has 2 rings (SSSR count). The SMILES string of the molecule is CC(F)(Cc1ccc(I)cc1)CC1COCCN1. The maximum atomic E-state index is 14.6. The maximum Gasteiger partial charge on any atom is 0.113 e. The van der Waals surface area contributed by atoms with Crippen molar-refractivity contribution in [1.82, 2.24) is 5.32 Å². The smallest absolute Gasteiger partial charge is 0.113 e. The molecule has 2 nitrogen and oxygen atoms in total. The first-order valence-corrected chi connectivity index (χ1v) is 7.37. The minimum absolute atomic E-state index is 0.137. The largest absolute Gasteiger partial charge is 0.379 e. The zero-order valence-corrected chi connectivity index (χ0v) is 12.7. The van der Waals surface area contributed by atoms with Gasteiger partial charge in [0.25, 0.3) is 0 Å². The molecule has 0 amide bonds. The van der Waals surface area contributed by atoms with Crippen molar-refractivity contribution in [2.45, 2.75) is 31.5 Å². The molecule has 2 atom stereocenters. The fourth-order valence-corrected chi connectivity index (χ4v) is 2.72. The van der Waals surface area contributed by atoms with E-state index in [2.05, 4.69) is 27.9 Å². The van der Waals surface area contributed by atoms with Crippen LogP contribution in [-0.4, -0.2) is 31.5 Å². The van der Waals surface area contributed by atoms with Gasteiger partial charge in [0, 0.05) is 22.6 Å². The third-order valence-corrected chi connectivity index (χ3v) is 3.88. The molecule has 0 aromatic heterocycles. The summed E-state index contributed by atoms with van der Waals surface area (Å²) >= 11 is 2.26. The predicted octanol–water partition coefficient (Wildman–Crippen LogP) is 2.94. The van der Waals surface area contributed by atoms with Crippen LogP contribution in [0, 0.1) is 3.57 Å². The van der Waals surface area contributed by atoms with E-state index >= 15 is 0 Å². The van der Waals surface area contributed by atoms with Crippen molar-refractivity contribution >= 4 is 22.6 Å². The van der Waals surface area contributed by atoms with Gasteiger partial charge in [0.05, 0.1) is 13.2 Å². The van der Waals surface area contributed by atoms with Crippen molar-refractivity contribution in [2.75, 3.05) is 19.8 Å². The quantitative estimate of drug-likeness (QED) is 0.831. The van der Waals surface area contributed by atoms with E-state index in [0.717, 1.165) is 18.7 Å². The Hall–Kier alpha value is -0.200. The molecule has 4 heteroatoms. The highest BCUT2D eigenvalue weighted by Crippen LogP contribution is 2.24. The molecule has 1 saturated heterocycles. The van der Waals surface area contributed by atoms with Gasteiger partial charge in [0.15, 0.2) is 0 Å². The van der Waals surface area contributed by atoms with Crippen molar-refractivity contribution in [3.63, 3.8) is 0 Å². The van der Waals surface area contributed by atoms with Gasteiger partial charge < -0.3 is 10.1 Å². The van der Waals surface area contributed by atoms with Crippen molar-refractivity contribution in [2.24, 2.45) is 0 Å². The lowest BCUT2D eigenvalue weighted by Gasteiger charge is -2.30. The second-order valence-corrected chi connectivity index (χ2v) is 6.39. The highest BCUT2D eigenvalue weighted by atomic mass is 127. The van der Waals surface area contributed by atoms with E-state index in [1.165, 1.54) is 3.57 Å². The van der Waals surface area contributed by atoms with Crippen LogP contribution in [0.15, 0.2) is 24.3 Å². The molecule has 0 radical (unpaired) electrons. The summed E-state index contributed by atoms with van der Waals surface area (Å²) in [7, 11) is 0. The van der Waals surface area contributed by atoms with E-state index in [9.17, 15) is 4.39 Å². The summed E-state index contributed by atoms with van der Waals surface area (Å²) in [5.74, 6) is 0. The molecule has 1 aliphatic rings. The fourth-order valence-electron chi connectivity index (χ4n) is 2.36. The lowest BCUT2D eigenvalue weighted by Crippen LogP contribution is -2.45. The minimum atomic E-state index is -1.19. The number of halogens is 2. The Morgan fingerprint density at radius 2 is 2.17 bits per heavy atom. The summed E-state index contributed by atoms with van der Waals surface area (Å²) in [4.78, 5) is 0. The first-order valence-electron chi connectivity index (χ1n) is 6.30. The van der Waals surface area contributed by atoms with Gasteiger partial charge in [-0.1, -0.05) is 12.1 Å². The van der Waals surface area contributed by atoms with Gasteiger partial charge in [-0.2, -0.15) is 0 Å². The summed E-state index contributed by atoms with van der Waals surface area (Å²) < 4.78 is 21.1. The van der Waals surface area contributed by atoms with Crippen LogP contribution in [0.25, 0.3) is 0 Å². The Morgan fingerprint density at radius 3 is 2.78 bits per heavy atom. The standard InChI is InChI=1S/C14H19FINO/c1-14(15,9-13-10-18-7-6-17-13)8-11-2-4-12(16)5-3-11/h2-5,13,17H,6-10H2,1H3. The summed E-state index contributed by atoms with van der Waals surface area (Å²) in [5, 5.41) is 3.30. The van der Waals surface area contributed by atoms with Gasteiger partial charge in [0.1, 0.15) is 5.67 Å². The molecule has 0 bridgehead atoms. The third kappa shape index (κ3) is 4.48. The number of morpholine rings is 1. The monoisotopic (exact) mass is 363 g/mol. The molecule has 2 unspecified atom stereocenters. The van der Waals surface area contributed by atoms with Crippen LogP contribution in [0.4, 0.5) is 4.39 Å². The van der Waals surface area contributed by atoms with E-state index < -0.39 is 5.67 Å². The van der Waals surface area contributed by atoms with E-state index in [4.69, 9.17) is 4.74 Å². The Morgan fingerprint density at radius 1 is 1.44 bits per heavy atom. The first kappa shape index (κ1) is 14.2. The lowest BCUT2D eigenvalue weighted by atomic mass is 9.91. The Kier molecular flexibility index (Phi) is 4.98. The molecule has 18 heavy (non-hydrogen) atoms. The molecule has 1 aromatic rings. The van der Waals surface area contributed by atoms with E-state index in [0.29, 0.717) is 19.4 Å².